The van der Waals surface area contributed by atoms with Gasteiger partial charge in [0.2, 0.25) is 0 Å². The summed E-state index contributed by atoms with van der Waals surface area (Å²) in [5.74, 6) is 2.58. The maximum Gasteiger partial charge on any atom is 0.0575 e. The molecule has 0 radical (unpaired) electrons. The van der Waals surface area contributed by atoms with E-state index in [0.717, 1.165) is 24.4 Å². The first-order chi connectivity index (χ1) is 15.8. The van der Waals surface area contributed by atoms with E-state index in [1.165, 1.54) is 116 Å². The van der Waals surface area contributed by atoms with E-state index in [1.807, 2.05) is 0 Å². The van der Waals surface area contributed by atoms with Crippen LogP contribution in [0, 0.1) is 5.92 Å². The van der Waals surface area contributed by atoms with Gasteiger partial charge in [0.1, 0.15) is 0 Å². The van der Waals surface area contributed by atoms with Gasteiger partial charge in [0.25, 0.3) is 0 Å². The maximum absolute atomic E-state index is 6.07. The quantitative estimate of drug-likeness (QED) is 0.261. The van der Waals surface area contributed by atoms with Crippen LogP contribution in [0.3, 0.4) is 0 Å². The van der Waals surface area contributed by atoms with Gasteiger partial charge in [0.05, 0.1) is 6.10 Å². The average molecular weight is 441 g/mol. The normalized spacial score (nSPS) is 26.3. The molecule has 1 heteroatoms. The Labute approximate surface area is 200 Å². The van der Waals surface area contributed by atoms with Crippen molar-refractivity contribution in [3.05, 3.63) is 35.4 Å². The topological polar surface area (TPSA) is 9.23 Å². The number of rotatable bonds is 14. The van der Waals surface area contributed by atoms with E-state index in [-0.39, 0.29) is 0 Å². The fraction of sp³-hybridized carbons (Fsp3) is 0.806. The van der Waals surface area contributed by atoms with Crippen LogP contribution in [0.25, 0.3) is 0 Å². The van der Waals surface area contributed by atoms with Gasteiger partial charge in [0, 0.05) is 6.61 Å². The fourth-order valence-corrected chi connectivity index (χ4v) is 6.17. The summed E-state index contributed by atoms with van der Waals surface area (Å²) in [5.41, 5.74) is 3.19. The van der Waals surface area contributed by atoms with E-state index in [4.69, 9.17) is 4.74 Å². The lowest BCUT2D eigenvalue weighted by molar-refractivity contribution is 0.0232. The first kappa shape index (κ1) is 25.8. The van der Waals surface area contributed by atoms with Crippen LogP contribution in [0.15, 0.2) is 24.3 Å². The second kappa shape index (κ2) is 15.2. The van der Waals surface area contributed by atoms with Crippen LogP contribution in [-0.2, 0) is 4.74 Å². The Bertz CT molecular complexity index is 575. The molecule has 0 heterocycles. The van der Waals surface area contributed by atoms with Gasteiger partial charge in [-0.05, 0) is 86.7 Å². The Hall–Kier alpha value is -0.820. The predicted octanol–water partition coefficient (Wildman–Crippen LogP) is 9.94. The molecule has 1 nitrogen and oxygen atoms in total. The molecule has 0 aliphatic heterocycles. The zero-order valence-corrected chi connectivity index (χ0v) is 21.5. The Balaban J connectivity index is 1.31. The van der Waals surface area contributed by atoms with Gasteiger partial charge in [-0.3, -0.25) is 0 Å². The molecule has 182 valence electrons. The van der Waals surface area contributed by atoms with Gasteiger partial charge in [-0.25, -0.2) is 0 Å². The average Bonchev–Trinajstić information content (AvgIpc) is 2.85. The molecule has 32 heavy (non-hydrogen) atoms. The van der Waals surface area contributed by atoms with E-state index in [9.17, 15) is 0 Å². The van der Waals surface area contributed by atoms with Crippen molar-refractivity contribution in [2.75, 3.05) is 6.61 Å². The zero-order chi connectivity index (χ0) is 22.4. The summed E-state index contributed by atoms with van der Waals surface area (Å²) in [7, 11) is 0. The summed E-state index contributed by atoms with van der Waals surface area (Å²) < 4.78 is 6.07. The molecule has 0 N–H and O–H groups in total. The first-order valence-corrected chi connectivity index (χ1v) is 14.5. The molecule has 1 aromatic rings. The monoisotopic (exact) mass is 440 g/mol. The molecule has 3 rings (SSSR count). The standard InChI is InChI=1S/C31H52O/c1-3-5-7-8-9-10-11-12-26-13-15-27(16-14-26)28-17-19-29(20-18-28)30-21-23-31(24-22-30)32-25-6-4-2/h17-20,26-27,30-31H,3-16,21-25H2,1-2H3. The molecule has 0 amide bonds. The molecule has 2 fully saturated rings. The van der Waals surface area contributed by atoms with Crippen molar-refractivity contribution in [1.82, 2.24) is 0 Å². The minimum absolute atomic E-state index is 0.522. The summed E-state index contributed by atoms with van der Waals surface area (Å²) in [6.07, 6.45) is 25.5. The third-order valence-corrected chi connectivity index (χ3v) is 8.47. The Morgan fingerprint density at radius 1 is 0.594 bits per heavy atom. The van der Waals surface area contributed by atoms with Gasteiger partial charge in [-0.15, -0.1) is 0 Å². The second-order valence-corrected chi connectivity index (χ2v) is 11.0. The summed E-state index contributed by atoms with van der Waals surface area (Å²) in [5, 5.41) is 0. The second-order valence-electron chi connectivity index (χ2n) is 11.0. The largest absolute Gasteiger partial charge is 0.378 e. The van der Waals surface area contributed by atoms with E-state index >= 15 is 0 Å². The van der Waals surface area contributed by atoms with Crippen LogP contribution < -0.4 is 0 Å². The lowest BCUT2D eigenvalue weighted by Crippen LogP contribution is -2.21. The van der Waals surface area contributed by atoms with Crippen molar-refractivity contribution < 1.29 is 4.74 Å². The van der Waals surface area contributed by atoms with Crippen molar-refractivity contribution in [3.63, 3.8) is 0 Å². The molecule has 0 saturated heterocycles. The van der Waals surface area contributed by atoms with Crippen LogP contribution in [0.5, 0.6) is 0 Å². The summed E-state index contributed by atoms with van der Waals surface area (Å²) in [6.45, 7) is 5.51. The highest BCUT2D eigenvalue weighted by atomic mass is 16.5. The first-order valence-electron chi connectivity index (χ1n) is 14.5. The van der Waals surface area contributed by atoms with Crippen LogP contribution in [0.1, 0.15) is 152 Å². The fourth-order valence-electron chi connectivity index (χ4n) is 6.17. The maximum atomic E-state index is 6.07. The van der Waals surface area contributed by atoms with Crippen molar-refractivity contribution in [2.24, 2.45) is 5.92 Å². The summed E-state index contributed by atoms with van der Waals surface area (Å²) in [4.78, 5) is 0. The minimum Gasteiger partial charge on any atom is -0.378 e. The molecule has 0 bridgehead atoms. The highest BCUT2D eigenvalue weighted by Gasteiger charge is 2.24. The van der Waals surface area contributed by atoms with E-state index < -0.39 is 0 Å². The minimum atomic E-state index is 0.522. The van der Waals surface area contributed by atoms with E-state index in [2.05, 4.69) is 38.1 Å². The van der Waals surface area contributed by atoms with Crippen molar-refractivity contribution in [3.8, 4) is 0 Å². The molecule has 2 aliphatic carbocycles. The molecular formula is C31H52O. The van der Waals surface area contributed by atoms with Crippen molar-refractivity contribution >= 4 is 0 Å². The Morgan fingerprint density at radius 2 is 1.09 bits per heavy atom. The zero-order valence-electron chi connectivity index (χ0n) is 21.5. The smallest absolute Gasteiger partial charge is 0.0575 e. The number of benzene rings is 1. The third kappa shape index (κ3) is 8.85. The highest BCUT2D eigenvalue weighted by molar-refractivity contribution is 5.28. The molecular weight excluding hydrogens is 388 g/mol. The molecule has 0 aromatic heterocycles. The Kier molecular flexibility index (Phi) is 12.2. The van der Waals surface area contributed by atoms with E-state index in [0.29, 0.717) is 6.10 Å². The van der Waals surface area contributed by atoms with Crippen LogP contribution in [0.4, 0.5) is 0 Å². The molecule has 0 atom stereocenters. The number of unbranched alkanes of at least 4 members (excludes halogenated alkanes) is 7. The van der Waals surface area contributed by atoms with Crippen LogP contribution in [-0.4, -0.2) is 12.7 Å². The number of hydrogen-bond acceptors (Lipinski definition) is 1. The molecule has 0 unspecified atom stereocenters. The van der Waals surface area contributed by atoms with Gasteiger partial charge in [-0.2, -0.15) is 0 Å². The van der Waals surface area contributed by atoms with Crippen molar-refractivity contribution in [2.45, 2.75) is 147 Å². The SMILES string of the molecule is CCCCCCCCCC1CCC(c2ccc(C3CCC(OCCCC)CC3)cc2)CC1. The van der Waals surface area contributed by atoms with E-state index in [1.54, 1.807) is 11.1 Å². The van der Waals surface area contributed by atoms with Gasteiger partial charge >= 0.3 is 0 Å². The number of hydrogen-bond donors (Lipinski definition) is 0. The summed E-state index contributed by atoms with van der Waals surface area (Å²) >= 11 is 0. The van der Waals surface area contributed by atoms with Gasteiger partial charge in [-0.1, -0.05) is 95.9 Å². The lowest BCUT2D eigenvalue weighted by Gasteiger charge is -2.30. The molecule has 2 saturated carbocycles. The number of ether oxygens (including phenoxy) is 1. The third-order valence-electron chi connectivity index (χ3n) is 8.47. The lowest BCUT2D eigenvalue weighted by atomic mass is 9.76. The molecule has 1 aromatic carbocycles. The Morgan fingerprint density at radius 3 is 1.66 bits per heavy atom. The highest BCUT2D eigenvalue weighted by Crippen LogP contribution is 2.39. The predicted molar refractivity (Wildman–Crippen MR) is 140 cm³/mol. The molecule has 2 aliphatic rings. The molecule has 0 spiro atoms. The van der Waals surface area contributed by atoms with Gasteiger partial charge < -0.3 is 4.74 Å². The van der Waals surface area contributed by atoms with Crippen LogP contribution >= 0.6 is 0 Å². The van der Waals surface area contributed by atoms with Crippen LogP contribution in [0.2, 0.25) is 0 Å². The van der Waals surface area contributed by atoms with Gasteiger partial charge in [0.15, 0.2) is 0 Å². The summed E-state index contributed by atoms with van der Waals surface area (Å²) in [6, 6.07) is 9.87. The van der Waals surface area contributed by atoms with Crippen molar-refractivity contribution in [1.29, 1.82) is 0 Å².